The van der Waals surface area contributed by atoms with E-state index in [1.54, 1.807) is 0 Å². The first-order valence-corrected chi connectivity index (χ1v) is 6.71. The summed E-state index contributed by atoms with van der Waals surface area (Å²) >= 11 is 0. The van der Waals surface area contributed by atoms with Crippen LogP contribution in [0.5, 0.6) is 0 Å². The molecule has 3 rings (SSSR count). The lowest BCUT2D eigenvalue weighted by Crippen LogP contribution is -2.03. The van der Waals surface area contributed by atoms with Crippen LogP contribution in [-0.2, 0) is 6.54 Å². The molecule has 4 heteroatoms. The smallest absolute Gasteiger partial charge is 0.126 e. The zero-order valence-electron chi connectivity index (χ0n) is 11.1. The number of anilines is 1. The van der Waals surface area contributed by atoms with E-state index in [9.17, 15) is 0 Å². The van der Waals surface area contributed by atoms with E-state index >= 15 is 0 Å². The van der Waals surface area contributed by atoms with E-state index in [4.69, 9.17) is 11.0 Å². The average Bonchev–Trinajstić information content (AvgIpc) is 3.23. The van der Waals surface area contributed by atoms with Gasteiger partial charge in [-0.05, 0) is 35.7 Å². The van der Waals surface area contributed by atoms with Crippen molar-refractivity contribution in [2.75, 3.05) is 5.32 Å². The number of nitrogens with two attached hydrogens (primary N) is 1. The number of nitrogens with zero attached hydrogens (tertiary/aromatic N) is 2. The summed E-state index contributed by atoms with van der Waals surface area (Å²) in [4.78, 5) is 4.40. The van der Waals surface area contributed by atoms with Crippen molar-refractivity contribution in [3.63, 3.8) is 0 Å². The molecule has 2 aromatic rings. The quantitative estimate of drug-likeness (QED) is 0.889. The van der Waals surface area contributed by atoms with E-state index in [0.717, 1.165) is 17.8 Å². The first-order chi connectivity index (χ1) is 9.76. The van der Waals surface area contributed by atoms with Gasteiger partial charge < -0.3 is 11.1 Å². The molecule has 0 saturated heterocycles. The van der Waals surface area contributed by atoms with Gasteiger partial charge in [0.15, 0.2) is 0 Å². The average molecular weight is 264 g/mol. The number of rotatable bonds is 4. The molecule has 1 aromatic carbocycles. The largest absolute Gasteiger partial charge is 0.366 e. The molecule has 4 nitrogen and oxygen atoms in total. The van der Waals surface area contributed by atoms with Gasteiger partial charge in [0, 0.05) is 24.7 Å². The fourth-order valence-electron chi connectivity index (χ4n) is 2.22. The summed E-state index contributed by atoms with van der Waals surface area (Å²) in [6.07, 6.45) is 2.97. The van der Waals surface area contributed by atoms with E-state index in [1.165, 1.54) is 5.56 Å². The second-order valence-corrected chi connectivity index (χ2v) is 5.15. The third-order valence-electron chi connectivity index (χ3n) is 3.61. The molecule has 2 atom stereocenters. The lowest BCUT2D eigenvalue weighted by Gasteiger charge is -2.06. The van der Waals surface area contributed by atoms with Gasteiger partial charge in [-0.2, -0.15) is 5.26 Å². The Labute approximate surface area is 118 Å². The molecular weight excluding hydrogens is 248 g/mol. The van der Waals surface area contributed by atoms with Crippen LogP contribution in [0, 0.1) is 11.3 Å². The summed E-state index contributed by atoms with van der Waals surface area (Å²) in [6.45, 7) is 0.695. The van der Waals surface area contributed by atoms with Crippen LogP contribution in [0.1, 0.15) is 29.0 Å². The van der Waals surface area contributed by atoms with E-state index in [1.807, 2.05) is 36.5 Å². The molecule has 100 valence electrons. The van der Waals surface area contributed by atoms with Gasteiger partial charge in [-0.3, -0.25) is 0 Å². The molecule has 3 N–H and O–H groups in total. The molecule has 1 saturated carbocycles. The predicted molar refractivity (Wildman–Crippen MR) is 78.1 cm³/mol. The van der Waals surface area contributed by atoms with Crippen LogP contribution in [0.3, 0.4) is 0 Å². The minimum Gasteiger partial charge on any atom is -0.366 e. The third-order valence-corrected chi connectivity index (χ3v) is 3.61. The van der Waals surface area contributed by atoms with Crippen molar-refractivity contribution in [2.45, 2.75) is 24.9 Å². The summed E-state index contributed by atoms with van der Waals surface area (Å²) < 4.78 is 0. The number of pyridine rings is 1. The number of nitriles is 1. The van der Waals surface area contributed by atoms with Crippen molar-refractivity contribution < 1.29 is 0 Å². The van der Waals surface area contributed by atoms with Crippen LogP contribution in [0.2, 0.25) is 0 Å². The van der Waals surface area contributed by atoms with Crippen LogP contribution >= 0.6 is 0 Å². The van der Waals surface area contributed by atoms with Gasteiger partial charge in [0.25, 0.3) is 0 Å². The van der Waals surface area contributed by atoms with Gasteiger partial charge in [0.05, 0.1) is 11.6 Å². The van der Waals surface area contributed by atoms with Crippen LogP contribution in [0.15, 0.2) is 42.6 Å². The second kappa shape index (κ2) is 5.32. The zero-order chi connectivity index (χ0) is 13.9. The van der Waals surface area contributed by atoms with Gasteiger partial charge in [0.1, 0.15) is 5.82 Å². The third kappa shape index (κ3) is 2.79. The summed E-state index contributed by atoms with van der Waals surface area (Å²) in [7, 11) is 0. The molecule has 1 fully saturated rings. The first-order valence-electron chi connectivity index (χ1n) is 6.71. The topological polar surface area (TPSA) is 74.7 Å². The molecule has 0 bridgehead atoms. The molecule has 0 unspecified atom stereocenters. The minimum atomic E-state index is 0.314. The van der Waals surface area contributed by atoms with Gasteiger partial charge in [-0.15, -0.1) is 0 Å². The highest BCUT2D eigenvalue weighted by atomic mass is 15.0. The Morgan fingerprint density at radius 1 is 1.25 bits per heavy atom. The SMILES string of the molecule is N#Cc1ccc(CNc2ccc([C@@H]3C[C@H]3N)cn2)cc1. The molecule has 1 aliphatic carbocycles. The van der Waals surface area contributed by atoms with E-state index < -0.39 is 0 Å². The summed E-state index contributed by atoms with van der Waals surface area (Å²) in [5.41, 5.74) is 8.85. The van der Waals surface area contributed by atoms with Crippen LogP contribution < -0.4 is 11.1 Å². The Bertz CT molecular complexity index is 625. The minimum absolute atomic E-state index is 0.314. The number of nitrogens with one attached hydrogen (secondary N) is 1. The van der Waals surface area contributed by atoms with Gasteiger partial charge in [0.2, 0.25) is 0 Å². The maximum Gasteiger partial charge on any atom is 0.126 e. The lowest BCUT2D eigenvalue weighted by atomic mass is 10.1. The molecule has 20 heavy (non-hydrogen) atoms. The van der Waals surface area contributed by atoms with Crippen molar-refractivity contribution in [1.29, 1.82) is 5.26 Å². The molecule has 0 amide bonds. The van der Waals surface area contributed by atoms with Crippen molar-refractivity contribution in [3.8, 4) is 6.07 Å². The Morgan fingerprint density at radius 2 is 2.00 bits per heavy atom. The van der Waals surface area contributed by atoms with Gasteiger partial charge >= 0.3 is 0 Å². The first kappa shape index (κ1) is 12.6. The van der Waals surface area contributed by atoms with E-state index in [0.29, 0.717) is 24.1 Å². The highest BCUT2D eigenvalue weighted by Crippen LogP contribution is 2.38. The van der Waals surface area contributed by atoms with Crippen molar-refractivity contribution in [2.24, 2.45) is 5.73 Å². The summed E-state index contributed by atoms with van der Waals surface area (Å²) in [6, 6.07) is 14.0. The van der Waals surface area contributed by atoms with Crippen LogP contribution in [0.25, 0.3) is 0 Å². The van der Waals surface area contributed by atoms with Gasteiger partial charge in [-0.25, -0.2) is 4.98 Å². The standard InChI is InChI=1S/C16H16N4/c17-8-11-1-3-12(4-2-11)9-19-16-6-5-13(10-20-16)14-7-15(14)18/h1-6,10,14-15H,7,9,18H2,(H,19,20)/t14-,15+/m0/s1. The highest BCUT2D eigenvalue weighted by Gasteiger charge is 2.34. The Balaban J connectivity index is 1.59. The normalized spacial score (nSPS) is 20.2. The predicted octanol–water partition coefficient (Wildman–Crippen LogP) is 2.38. The molecule has 1 heterocycles. The number of hydrogen-bond donors (Lipinski definition) is 2. The van der Waals surface area contributed by atoms with Crippen molar-refractivity contribution >= 4 is 5.82 Å². The van der Waals surface area contributed by atoms with E-state index in [2.05, 4.69) is 22.4 Å². The number of benzene rings is 1. The Hall–Kier alpha value is -2.38. The maximum absolute atomic E-state index is 8.75. The summed E-state index contributed by atoms with van der Waals surface area (Å²) in [5, 5.41) is 12.0. The zero-order valence-corrected chi connectivity index (χ0v) is 11.1. The fraction of sp³-hybridized carbons (Fsp3) is 0.250. The monoisotopic (exact) mass is 264 g/mol. The second-order valence-electron chi connectivity index (χ2n) is 5.15. The van der Waals surface area contributed by atoms with Crippen LogP contribution in [0.4, 0.5) is 5.82 Å². The molecule has 1 aliphatic rings. The molecule has 0 aliphatic heterocycles. The summed E-state index contributed by atoms with van der Waals surface area (Å²) in [5.74, 6) is 1.35. The van der Waals surface area contributed by atoms with Crippen molar-refractivity contribution in [1.82, 2.24) is 4.98 Å². The molecule has 1 aromatic heterocycles. The molecular formula is C16H16N4. The fourth-order valence-corrected chi connectivity index (χ4v) is 2.22. The highest BCUT2D eigenvalue weighted by molar-refractivity contribution is 5.40. The van der Waals surface area contributed by atoms with E-state index in [-0.39, 0.29) is 0 Å². The Kier molecular flexibility index (Phi) is 3.36. The Morgan fingerprint density at radius 3 is 2.55 bits per heavy atom. The lowest BCUT2D eigenvalue weighted by molar-refractivity contribution is 0.978. The molecule has 0 spiro atoms. The number of hydrogen-bond acceptors (Lipinski definition) is 4. The maximum atomic E-state index is 8.75. The molecule has 0 radical (unpaired) electrons. The van der Waals surface area contributed by atoms with Crippen LogP contribution in [-0.4, -0.2) is 11.0 Å². The van der Waals surface area contributed by atoms with Crippen molar-refractivity contribution in [3.05, 3.63) is 59.3 Å². The number of aromatic nitrogens is 1. The van der Waals surface area contributed by atoms with Gasteiger partial charge in [-0.1, -0.05) is 18.2 Å².